The van der Waals surface area contributed by atoms with E-state index in [4.69, 9.17) is 42.6 Å². The summed E-state index contributed by atoms with van der Waals surface area (Å²) in [5.41, 5.74) is 3.57. The van der Waals surface area contributed by atoms with Crippen LogP contribution in [0, 0.1) is 0 Å². The molecule has 0 unspecified atom stereocenters. The number of alkyl halides is 1. The lowest BCUT2D eigenvalue weighted by molar-refractivity contribution is -0.0730. The van der Waals surface area contributed by atoms with Crippen LogP contribution in [0.15, 0.2) is 18.2 Å². The summed E-state index contributed by atoms with van der Waals surface area (Å²) in [5.74, 6) is -0.474. The number of carbonyl (C=O) groups is 1. The number of benzene rings is 1. The van der Waals surface area contributed by atoms with Gasteiger partial charge in [-0.3, -0.25) is 9.58 Å². The Kier molecular flexibility index (Phi) is 6.82. The summed E-state index contributed by atoms with van der Waals surface area (Å²) in [5, 5.41) is 14.8. The largest absolute Gasteiger partial charge is 0.476 e. The molecule has 5 aliphatic rings. The molecular weight excluding hydrogens is 610 g/mol. The van der Waals surface area contributed by atoms with Crippen molar-refractivity contribution in [3.05, 3.63) is 62.0 Å². The van der Waals surface area contributed by atoms with E-state index in [-0.39, 0.29) is 22.3 Å². The van der Waals surface area contributed by atoms with Gasteiger partial charge in [0.15, 0.2) is 5.69 Å². The van der Waals surface area contributed by atoms with Crippen LogP contribution >= 0.6 is 23.2 Å². The molecule has 0 amide bonds. The third-order valence-corrected chi connectivity index (χ3v) is 11.0. The molecule has 2 fully saturated rings. The van der Waals surface area contributed by atoms with E-state index in [1.165, 1.54) is 0 Å². The number of ether oxygens (including phenoxy) is 2. The molecule has 13 heteroatoms. The molecule has 0 radical (unpaired) electrons. The molecule has 44 heavy (non-hydrogen) atoms. The van der Waals surface area contributed by atoms with Gasteiger partial charge in [0.2, 0.25) is 0 Å². The van der Waals surface area contributed by atoms with E-state index in [1.54, 1.807) is 4.68 Å². The van der Waals surface area contributed by atoms with Gasteiger partial charge in [0, 0.05) is 43.1 Å². The van der Waals surface area contributed by atoms with Crippen molar-refractivity contribution in [2.75, 3.05) is 31.1 Å². The summed E-state index contributed by atoms with van der Waals surface area (Å²) < 4.78 is 29.3. The second-order valence-corrected chi connectivity index (χ2v) is 13.5. The molecule has 1 aliphatic carbocycles. The van der Waals surface area contributed by atoms with Crippen LogP contribution in [0.1, 0.15) is 70.7 Å². The number of halogens is 3. The minimum atomic E-state index is -1.16. The molecule has 6 heterocycles. The molecule has 1 aromatic carbocycles. The average Bonchev–Trinajstić information content (AvgIpc) is 3.68. The Bertz CT molecular complexity index is 1670. The Morgan fingerprint density at radius 2 is 2.05 bits per heavy atom. The van der Waals surface area contributed by atoms with Crippen molar-refractivity contribution in [2.45, 2.75) is 82.0 Å². The van der Waals surface area contributed by atoms with E-state index in [0.717, 1.165) is 59.6 Å². The Balaban J connectivity index is 1.17. The number of aromatic carboxylic acids is 1. The number of fused-ring (bicyclic) bond motifs is 5. The molecule has 232 valence electrons. The van der Waals surface area contributed by atoms with Crippen LogP contribution in [0.2, 0.25) is 10.0 Å². The van der Waals surface area contributed by atoms with E-state index < -0.39 is 17.7 Å². The maximum Gasteiger partial charge on any atom is 0.357 e. The summed E-state index contributed by atoms with van der Waals surface area (Å²) >= 11 is 13.1. The van der Waals surface area contributed by atoms with Crippen LogP contribution in [-0.2, 0) is 42.9 Å². The second kappa shape index (κ2) is 10.5. The number of aromatic nitrogens is 4. The summed E-state index contributed by atoms with van der Waals surface area (Å²) in [6.45, 7) is 3.47. The van der Waals surface area contributed by atoms with Crippen molar-refractivity contribution in [1.82, 2.24) is 24.6 Å². The average molecular weight is 644 g/mol. The molecule has 2 aromatic heterocycles. The quantitative estimate of drug-likeness (QED) is 0.413. The Morgan fingerprint density at radius 3 is 2.91 bits per heavy atom. The minimum Gasteiger partial charge on any atom is -0.476 e. The molecule has 0 bridgehead atoms. The highest BCUT2D eigenvalue weighted by Gasteiger charge is 2.50. The number of rotatable bonds is 5. The fourth-order valence-electron chi connectivity index (χ4n) is 8.13. The van der Waals surface area contributed by atoms with Crippen LogP contribution in [0.4, 0.5) is 10.2 Å². The molecule has 1 spiro atoms. The van der Waals surface area contributed by atoms with Gasteiger partial charge in [-0.15, -0.1) is 0 Å². The number of carboxylic acid groups (broad SMARTS) is 1. The lowest BCUT2D eigenvalue weighted by Crippen LogP contribution is -2.43. The van der Waals surface area contributed by atoms with Gasteiger partial charge in [-0.2, -0.15) is 15.1 Å². The topological polar surface area (TPSA) is 106 Å². The first-order valence-corrected chi connectivity index (χ1v) is 16.1. The molecule has 3 aromatic rings. The maximum atomic E-state index is 14.5. The summed E-state index contributed by atoms with van der Waals surface area (Å²) in [4.78, 5) is 26.0. The summed E-state index contributed by atoms with van der Waals surface area (Å²) in [6, 6.07) is 6.25. The third kappa shape index (κ3) is 4.49. The first kappa shape index (κ1) is 28.5. The highest BCUT2D eigenvalue weighted by molar-refractivity contribution is 6.34. The van der Waals surface area contributed by atoms with Gasteiger partial charge >= 0.3 is 12.0 Å². The molecule has 2 saturated heterocycles. The van der Waals surface area contributed by atoms with Gasteiger partial charge in [0.25, 0.3) is 0 Å². The number of hydrogen-bond acceptors (Lipinski definition) is 8. The molecule has 0 saturated carbocycles. The summed E-state index contributed by atoms with van der Waals surface area (Å²) in [7, 11) is 0. The van der Waals surface area contributed by atoms with Gasteiger partial charge in [-0.25, -0.2) is 9.18 Å². The first-order valence-electron chi connectivity index (χ1n) is 15.3. The van der Waals surface area contributed by atoms with E-state index in [1.807, 2.05) is 12.1 Å². The van der Waals surface area contributed by atoms with Gasteiger partial charge in [-0.05, 0) is 55.8 Å². The van der Waals surface area contributed by atoms with E-state index in [2.05, 4.69) is 21.0 Å². The maximum absolute atomic E-state index is 14.5. The smallest absolute Gasteiger partial charge is 0.357 e. The normalized spacial score (nSPS) is 27.6. The van der Waals surface area contributed by atoms with Crippen molar-refractivity contribution >= 4 is 35.0 Å². The van der Waals surface area contributed by atoms with Gasteiger partial charge < -0.3 is 19.5 Å². The van der Waals surface area contributed by atoms with Gasteiger partial charge in [-0.1, -0.05) is 35.3 Å². The predicted molar refractivity (Wildman–Crippen MR) is 160 cm³/mol. The minimum absolute atomic E-state index is 0.140. The Morgan fingerprint density at radius 1 is 1.16 bits per heavy atom. The van der Waals surface area contributed by atoms with Crippen molar-refractivity contribution < 1.29 is 23.8 Å². The van der Waals surface area contributed by atoms with E-state index in [0.29, 0.717) is 70.2 Å². The standard InChI is InChI=1S/C31H33Cl2FN6O4/c32-22-5-1-4-21-19(22)6-8-31(21)13-23-20(16-44-31)27(38-9-3-11-40-24(15-38)25(33)26(37-40)28(41)42)36-29(35-23)43-17-30-7-2-10-39(30)14-18(34)12-30/h1,4-5,18H,2-3,6-17H2,(H,41,42)/t18-,30+,31+/m1/s1. The van der Waals surface area contributed by atoms with Crippen LogP contribution < -0.4 is 9.64 Å². The molecule has 8 rings (SSSR count). The lowest BCUT2D eigenvalue weighted by Gasteiger charge is -2.37. The van der Waals surface area contributed by atoms with Crippen LogP contribution in [0.3, 0.4) is 0 Å². The van der Waals surface area contributed by atoms with Gasteiger partial charge in [0.1, 0.15) is 18.6 Å². The monoisotopic (exact) mass is 642 g/mol. The zero-order chi connectivity index (χ0) is 30.2. The number of carboxylic acids is 1. The Hall–Kier alpha value is -2.99. The van der Waals surface area contributed by atoms with Crippen molar-refractivity contribution in [3.63, 3.8) is 0 Å². The lowest BCUT2D eigenvalue weighted by atomic mass is 9.87. The fourth-order valence-corrected chi connectivity index (χ4v) is 8.67. The summed E-state index contributed by atoms with van der Waals surface area (Å²) in [6.07, 6.45) is 4.40. The first-order chi connectivity index (χ1) is 21.3. The number of hydrogen-bond donors (Lipinski definition) is 1. The highest BCUT2D eigenvalue weighted by atomic mass is 35.5. The second-order valence-electron chi connectivity index (χ2n) is 12.8. The predicted octanol–water partition coefficient (Wildman–Crippen LogP) is 4.96. The number of aryl methyl sites for hydroxylation is 1. The fraction of sp³-hybridized carbons (Fsp3) is 0.548. The van der Waals surface area contributed by atoms with Crippen LogP contribution in [0.25, 0.3) is 0 Å². The number of anilines is 1. The Labute approximate surface area is 264 Å². The molecule has 10 nitrogen and oxygen atoms in total. The van der Waals surface area contributed by atoms with Gasteiger partial charge in [0.05, 0.1) is 40.7 Å². The zero-order valence-corrected chi connectivity index (χ0v) is 25.7. The zero-order valence-electron chi connectivity index (χ0n) is 24.2. The van der Waals surface area contributed by atoms with Crippen molar-refractivity contribution in [3.8, 4) is 6.01 Å². The van der Waals surface area contributed by atoms with Crippen LogP contribution in [-0.4, -0.2) is 73.7 Å². The molecule has 4 aliphatic heterocycles. The van der Waals surface area contributed by atoms with Crippen LogP contribution in [0.5, 0.6) is 6.01 Å². The number of nitrogens with zero attached hydrogens (tertiary/aromatic N) is 6. The van der Waals surface area contributed by atoms with E-state index in [9.17, 15) is 14.3 Å². The van der Waals surface area contributed by atoms with E-state index >= 15 is 0 Å². The SMILES string of the molecule is O=C(O)c1nn2c(c1Cl)CN(c1nc(OC[C@@]34CCCN3C[C@H](F)C4)nc3c1CO[C@@]1(CCc4c(Cl)cccc41)C3)CCC2. The van der Waals surface area contributed by atoms with Crippen molar-refractivity contribution in [1.29, 1.82) is 0 Å². The molecule has 3 atom stereocenters. The third-order valence-electron chi connectivity index (χ3n) is 10.2. The molecule has 1 N–H and O–H groups in total. The van der Waals surface area contributed by atoms with Crippen molar-refractivity contribution in [2.24, 2.45) is 0 Å². The highest BCUT2D eigenvalue weighted by Crippen LogP contribution is 2.49. The molecular formula is C31H33Cl2FN6O4.